The summed E-state index contributed by atoms with van der Waals surface area (Å²) in [5, 5.41) is 6.48. The number of carbonyl (C=O) groups excluding carboxylic acids is 3. The molecule has 1 aromatic carbocycles. The number of ether oxygens (including phenoxy) is 1. The van der Waals surface area contributed by atoms with Gasteiger partial charge in [0, 0.05) is 18.6 Å². The van der Waals surface area contributed by atoms with Crippen LogP contribution in [0, 0.1) is 11.8 Å². The Morgan fingerprint density at radius 3 is 2.14 bits per heavy atom. The van der Waals surface area contributed by atoms with Crippen LogP contribution in [0.2, 0.25) is 0 Å². The molecule has 2 N–H and O–H groups in total. The van der Waals surface area contributed by atoms with E-state index < -0.39 is 29.6 Å². The monoisotopic (exact) mass is 491 g/mol. The van der Waals surface area contributed by atoms with Crippen molar-refractivity contribution in [1.29, 1.82) is 0 Å². The number of nitrogens with one attached hydrogen (secondary N) is 2. The second-order valence-corrected chi connectivity index (χ2v) is 11.3. The predicted octanol–water partition coefficient (Wildman–Crippen LogP) is 3.24. The van der Waals surface area contributed by atoms with Crippen molar-refractivity contribution in [3.05, 3.63) is 48.0 Å². The molecule has 0 aromatic heterocycles. The molecule has 5 atom stereocenters. The van der Waals surface area contributed by atoms with Crippen LogP contribution < -0.4 is 10.6 Å². The molecule has 1 spiro atoms. The van der Waals surface area contributed by atoms with Crippen molar-refractivity contribution in [2.24, 2.45) is 11.8 Å². The summed E-state index contributed by atoms with van der Waals surface area (Å²) in [7, 11) is 0. The fraction of sp³-hybridized carbons (Fsp3) is 0.621. The lowest BCUT2D eigenvalue weighted by atomic mass is 9.74. The van der Waals surface area contributed by atoms with Gasteiger partial charge in [-0.1, -0.05) is 81.0 Å². The molecular formula is C29H37N3O4. The second kappa shape index (κ2) is 9.66. The largest absolute Gasteiger partial charge is 0.359 e. The highest BCUT2D eigenvalue weighted by Gasteiger charge is 2.72. The van der Waals surface area contributed by atoms with Crippen molar-refractivity contribution < 1.29 is 19.1 Å². The second-order valence-electron chi connectivity index (χ2n) is 11.3. The third-order valence-electron chi connectivity index (χ3n) is 9.02. The van der Waals surface area contributed by atoms with E-state index in [4.69, 9.17) is 4.74 Å². The molecule has 3 heterocycles. The summed E-state index contributed by atoms with van der Waals surface area (Å²) >= 11 is 0. The first-order chi connectivity index (χ1) is 17.6. The minimum absolute atomic E-state index is 0.107. The Kier molecular flexibility index (Phi) is 6.36. The lowest BCUT2D eigenvalue weighted by Gasteiger charge is -2.34. The third kappa shape index (κ3) is 4.05. The number of likely N-dealkylation sites (tertiary alicyclic amines) is 1. The molecule has 7 heteroatoms. The number of carbonyl (C=O) groups is 3. The minimum atomic E-state index is -1.09. The maximum Gasteiger partial charge on any atom is 0.246 e. The van der Waals surface area contributed by atoms with E-state index >= 15 is 0 Å². The summed E-state index contributed by atoms with van der Waals surface area (Å²) in [5.74, 6) is -1.70. The van der Waals surface area contributed by atoms with Gasteiger partial charge in [0.15, 0.2) is 0 Å². The van der Waals surface area contributed by atoms with Crippen molar-refractivity contribution >= 4 is 17.7 Å². The van der Waals surface area contributed by atoms with Gasteiger partial charge >= 0.3 is 0 Å². The fourth-order valence-electron chi connectivity index (χ4n) is 7.29. The van der Waals surface area contributed by atoms with Crippen LogP contribution in [-0.2, 0) is 25.7 Å². The Bertz CT molecular complexity index is 1030. The van der Waals surface area contributed by atoms with Gasteiger partial charge in [0.1, 0.15) is 11.6 Å². The molecule has 2 aliphatic carbocycles. The van der Waals surface area contributed by atoms with E-state index in [1.807, 2.05) is 42.5 Å². The van der Waals surface area contributed by atoms with E-state index in [0.717, 1.165) is 56.9 Å². The Labute approximate surface area is 213 Å². The number of benzene rings is 1. The molecular weight excluding hydrogens is 454 g/mol. The molecule has 2 bridgehead atoms. The smallest absolute Gasteiger partial charge is 0.246 e. The topological polar surface area (TPSA) is 87.7 Å². The van der Waals surface area contributed by atoms with Crippen LogP contribution in [0.1, 0.15) is 69.8 Å². The van der Waals surface area contributed by atoms with Crippen molar-refractivity contribution in [2.75, 3.05) is 0 Å². The van der Waals surface area contributed by atoms with Crippen LogP contribution in [0.4, 0.5) is 0 Å². The van der Waals surface area contributed by atoms with Crippen LogP contribution in [-0.4, -0.2) is 52.5 Å². The molecule has 7 nitrogen and oxygen atoms in total. The van der Waals surface area contributed by atoms with Gasteiger partial charge in [0.2, 0.25) is 17.7 Å². The average Bonchev–Trinajstić information content (AvgIpc) is 3.53. The number of fused-ring (bicyclic) bond motifs is 1. The average molecular weight is 492 g/mol. The number of rotatable bonds is 6. The van der Waals surface area contributed by atoms with Crippen LogP contribution in [0.5, 0.6) is 0 Å². The molecule has 4 fully saturated rings. The first kappa shape index (κ1) is 23.7. The molecule has 2 saturated heterocycles. The Morgan fingerprint density at radius 1 is 0.889 bits per heavy atom. The first-order valence-electron chi connectivity index (χ1n) is 13.9. The maximum absolute atomic E-state index is 14.0. The molecule has 6 rings (SSSR count). The first-order valence-corrected chi connectivity index (χ1v) is 13.9. The van der Waals surface area contributed by atoms with Crippen LogP contribution >= 0.6 is 0 Å². The van der Waals surface area contributed by atoms with Crippen molar-refractivity contribution in [2.45, 2.75) is 101 Å². The Morgan fingerprint density at radius 2 is 1.50 bits per heavy atom. The molecule has 1 aromatic rings. The van der Waals surface area contributed by atoms with Crippen LogP contribution in [0.25, 0.3) is 0 Å². The molecule has 0 radical (unpaired) electrons. The SMILES string of the molecule is O=C(NC1CCCCC1)[C@H]1[C@H]2C=C[C@@]3(O2)[C@H]1C(=O)N(Cc1ccccc1)[C@@H]3C(=O)NC1CCCCC1. The van der Waals surface area contributed by atoms with E-state index in [0.29, 0.717) is 6.54 Å². The Balaban J connectivity index is 1.30. The number of amides is 3. The lowest BCUT2D eigenvalue weighted by molar-refractivity contribution is -0.142. The minimum Gasteiger partial charge on any atom is -0.359 e. The summed E-state index contributed by atoms with van der Waals surface area (Å²) in [6.45, 7) is 0.319. The Hall–Kier alpha value is -2.67. The summed E-state index contributed by atoms with van der Waals surface area (Å²) < 4.78 is 6.47. The van der Waals surface area contributed by atoms with Crippen molar-refractivity contribution in [3.63, 3.8) is 0 Å². The molecule has 2 saturated carbocycles. The van der Waals surface area contributed by atoms with Gasteiger partial charge in [0.25, 0.3) is 0 Å². The molecule has 5 aliphatic rings. The van der Waals surface area contributed by atoms with Crippen molar-refractivity contribution in [3.8, 4) is 0 Å². The number of nitrogens with zero attached hydrogens (tertiary/aromatic N) is 1. The van der Waals surface area contributed by atoms with Gasteiger partial charge in [-0.15, -0.1) is 0 Å². The highest BCUT2D eigenvalue weighted by Crippen LogP contribution is 2.55. The highest BCUT2D eigenvalue weighted by molar-refractivity contribution is 6.00. The van der Waals surface area contributed by atoms with Gasteiger partial charge in [-0.25, -0.2) is 0 Å². The number of hydrogen-bond donors (Lipinski definition) is 2. The summed E-state index contributed by atoms with van der Waals surface area (Å²) in [6.07, 6.45) is 14.1. The van der Waals surface area contributed by atoms with E-state index in [-0.39, 0.29) is 29.8 Å². The number of hydrogen-bond acceptors (Lipinski definition) is 4. The quantitative estimate of drug-likeness (QED) is 0.598. The van der Waals surface area contributed by atoms with Gasteiger partial charge < -0.3 is 20.3 Å². The zero-order valence-electron chi connectivity index (χ0n) is 20.9. The van der Waals surface area contributed by atoms with Crippen molar-refractivity contribution in [1.82, 2.24) is 15.5 Å². The van der Waals surface area contributed by atoms with Crippen LogP contribution in [0.15, 0.2) is 42.5 Å². The lowest BCUT2D eigenvalue weighted by Crippen LogP contribution is -2.56. The highest BCUT2D eigenvalue weighted by atomic mass is 16.5. The van der Waals surface area contributed by atoms with E-state index in [1.54, 1.807) is 4.90 Å². The summed E-state index contributed by atoms with van der Waals surface area (Å²) in [6, 6.07) is 9.26. The summed E-state index contributed by atoms with van der Waals surface area (Å²) in [5.41, 5.74) is -0.136. The molecule has 192 valence electrons. The van der Waals surface area contributed by atoms with Crippen LogP contribution in [0.3, 0.4) is 0 Å². The fourth-order valence-corrected chi connectivity index (χ4v) is 7.29. The molecule has 3 aliphatic heterocycles. The third-order valence-corrected chi connectivity index (χ3v) is 9.02. The molecule has 3 amide bonds. The molecule has 36 heavy (non-hydrogen) atoms. The van der Waals surface area contributed by atoms with E-state index in [1.165, 1.54) is 12.8 Å². The van der Waals surface area contributed by atoms with E-state index in [9.17, 15) is 14.4 Å². The normalized spacial score (nSPS) is 34.1. The molecule has 0 unspecified atom stereocenters. The summed E-state index contributed by atoms with van der Waals surface area (Å²) in [4.78, 5) is 43.1. The van der Waals surface area contributed by atoms with Gasteiger partial charge in [-0.3, -0.25) is 14.4 Å². The standard InChI is InChI=1S/C29H37N3O4/c33-26(30-20-12-6-2-7-13-20)23-22-16-17-29(36-22)24(23)28(35)32(18-19-10-4-1-5-11-19)25(29)27(34)31-21-14-8-3-9-15-21/h1,4-5,10-11,16-17,20-25H,2-3,6-9,12-15,18H2,(H,30,33)(H,31,34)/t22-,23+,24-,25-,29-/m1/s1. The maximum atomic E-state index is 14.0. The van der Waals surface area contributed by atoms with Gasteiger partial charge in [0.05, 0.1) is 17.9 Å². The zero-order valence-corrected chi connectivity index (χ0v) is 20.9. The van der Waals surface area contributed by atoms with E-state index in [2.05, 4.69) is 10.6 Å². The van der Waals surface area contributed by atoms with Gasteiger partial charge in [-0.05, 0) is 31.2 Å². The zero-order chi connectivity index (χ0) is 24.7. The predicted molar refractivity (Wildman–Crippen MR) is 135 cm³/mol. The van der Waals surface area contributed by atoms with Gasteiger partial charge in [-0.2, -0.15) is 0 Å².